The number of hydrogen-bond acceptors (Lipinski definition) is 4. The van der Waals surface area contributed by atoms with Crippen LogP contribution in [0.1, 0.15) is 53.1 Å². The smallest absolute Gasteiger partial charge is 0.0994 e. The third-order valence-corrected chi connectivity index (χ3v) is 4.80. The standard InChI is InChI=1S/C24H26N4/c1-4-24(28-3)14-23(27)10-7-18-5-8-20(22(12-18)16-26)13-19-6-9-21(15-25)17(2)11-19/h5-6,8-9,11-12,14H,4,7,10,13,27H2,1-3H3. The zero-order valence-corrected chi connectivity index (χ0v) is 16.8. The van der Waals surface area contributed by atoms with Crippen molar-refractivity contribution in [1.29, 1.82) is 10.5 Å². The van der Waals surface area contributed by atoms with E-state index in [1.807, 2.05) is 43.3 Å². The van der Waals surface area contributed by atoms with Crippen molar-refractivity contribution in [2.24, 2.45) is 10.7 Å². The first-order valence-corrected chi connectivity index (χ1v) is 9.44. The van der Waals surface area contributed by atoms with Gasteiger partial charge >= 0.3 is 0 Å². The lowest BCUT2D eigenvalue weighted by molar-refractivity contribution is 0.924. The first-order valence-electron chi connectivity index (χ1n) is 9.44. The van der Waals surface area contributed by atoms with Crippen molar-refractivity contribution in [3.05, 3.63) is 81.6 Å². The SMILES string of the molecule is CCC(C=C(N)CCc1ccc(Cc2ccc(C#N)c(C)c2)c(C#N)c1)=NC. The van der Waals surface area contributed by atoms with Gasteiger partial charge in [-0.25, -0.2) is 0 Å². The fourth-order valence-corrected chi connectivity index (χ4v) is 3.12. The molecule has 0 aliphatic heterocycles. The molecule has 2 aromatic carbocycles. The van der Waals surface area contributed by atoms with Crippen LogP contribution in [0, 0.1) is 29.6 Å². The Morgan fingerprint density at radius 1 is 1.07 bits per heavy atom. The van der Waals surface area contributed by atoms with Crippen molar-refractivity contribution < 1.29 is 0 Å². The zero-order chi connectivity index (χ0) is 20.5. The summed E-state index contributed by atoms with van der Waals surface area (Å²) in [7, 11) is 1.77. The summed E-state index contributed by atoms with van der Waals surface area (Å²) in [5, 5.41) is 18.6. The van der Waals surface area contributed by atoms with Crippen molar-refractivity contribution in [3.63, 3.8) is 0 Å². The van der Waals surface area contributed by atoms with Gasteiger partial charge in [-0.1, -0.05) is 31.2 Å². The first-order chi connectivity index (χ1) is 13.5. The van der Waals surface area contributed by atoms with Gasteiger partial charge in [0.15, 0.2) is 0 Å². The minimum atomic E-state index is 0.671. The van der Waals surface area contributed by atoms with Crippen molar-refractivity contribution >= 4 is 5.71 Å². The number of allylic oxidation sites excluding steroid dienone is 2. The normalized spacial score (nSPS) is 11.8. The summed E-state index contributed by atoms with van der Waals surface area (Å²) in [6.45, 7) is 3.99. The summed E-state index contributed by atoms with van der Waals surface area (Å²) in [6.07, 6.45) is 4.99. The number of nitriles is 2. The van der Waals surface area contributed by atoms with Crippen LogP contribution in [-0.4, -0.2) is 12.8 Å². The van der Waals surface area contributed by atoms with Crippen LogP contribution < -0.4 is 5.73 Å². The maximum atomic E-state index is 9.57. The van der Waals surface area contributed by atoms with Gasteiger partial charge in [0.25, 0.3) is 0 Å². The Bertz CT molecular complexity index is 985. The van der Waals surface area contributed by atoms with Crippen molar-refractivity contribution in [2.75, 3.05) is 7.05 Å². The lowest BCUT2D eigenvalue weighted by Gasteiger charge is -2.09. The molecule has 0 heterocycles. The molecular formula is C24H26N4. The number of rotatable bonds is 7. The highest BCUT2D eigenvalue weighted by Gasteiger charge is 2.07. The largest absolute Gasteiger partial charge is 0.402 e. The summed E-state index contributed by atoms with van der Waals surface area (Å²) in [6, 6.07) is 16.3. The van der Waals surface area contributed by atoms with Crippen LogP contribution in [0.3, 0.4) is 0 Å². The van der Waals surface area contributed by atoms with Crippen LogP contribution in [0.2, 0.25) is 0 Å². The highest BCUT2D eigenvalue weighted by atomic mass is 14.7. The third kappa shape index (κ3) is 5.56. The quantitative estimate of drug-likeness (QED) is 0.724. The van der Waals surface area contributed by atoms with Crippen LogP contribution >= 0.6 is 0 Å². The molecule has 2 rings (SSSR count). The van der Waals surface area contributed by atoms with Gasteiger partial charge < -0.3 is 5.73 Å². The Balaban J connectivity index is 2.13. The number of hydrogen-bond donors (Lipinski definition) is 1. The molecule has 0 saturated heterocycles. The highest BCUT2D eigenvalue weighted by molar-refractivity contribution is 5.95. The molecule has 0 unspecified atom stereocenters. The van der Waals surface area contributed by atoms with Crippen LogP contribution in [0.15, 0.2) is 53.2 Å². The van der Waals surface area contributed by atoms with Crippen molar-refractivity contribution in [1.82, 2.24) is 0 Å². The summed E-state index contributed by atoms with van der Waals surface area (Å²) < 4.78 is 0. The first kappa shape index (κ1) is 20.9. The molecule has 2 aromatic rings. The molecule has 0 amide bonds. The molecule has 0 fully saturated rings. The lowest BCUT2D eigenvalue weighted by Crippen LogP contribution is -2.04. The number of aliphatic imine (C=N–C) groups is 1. The van der Waals surface area contributed by atoms with E-state index in [4.69, 9.17) is 11.0 Å². The Morgan fingerprint density at radius 2 is 1.79 bits per heavy atom. The van der Waals surface area contributed by atoms with E-state index >= 15 is 0 Å². The summed E-state index contributed by atoms with van der Waals surface area (Å²) >= 11 is 0. The van der Waals surface area contributed by atoms with Crippen molar-refractivity contribution in [2.45, 2.75) is 39.5 Å². The zero-order valence-electron chi connectivity index (χ0n) is 16.8. The summed E-state index contributed by atoms with van der Waals surface area (Å²) in [5.41, 5.74) is 13.4. The van der Waals surface area contributed by atoms with Crippen LogP contribution in [0.4, 0.5) is 0 Å². The fourth-order valence-electron chi connectivity index (χ4n) is 3.12. The molecule has 0 aromatic heterocycles. The second-order valence-electron chi connectivity index (χ2n) is 6.83. The number of aryl methyl sites for hydroxylation is 2. The summed E-state index contributed by atoms with van der Waals surface area (Å²) in [5.74, 6) is 0. The van der Waals surface area contributed by atoms with Gasteiger partial charge in [0.05, 0.1) is 23.3 Å². The average Bonchev–Trinajstić information content (AvgIpc) is 2.71. The molecule has 2 N–H and O–H groups in total. The molecular weight excluding hydrogens is 344 g/mol. The van der Waals surface area contributed by atoms with E-state index in [0.29, 0.717) is 17.5 Å². The Kier molecular flexibility index (Phi) is 7.55. The van der Waals surface area contributed by atoms with E-state index in [1.165, 1.54) is 0 Å². The minimum Gasteiger partial charge on any atom is -0.402 e. The predicted molar refractivity (Wildman–Crippen MR) is 114 cm³/mol. The lowest BCUT2D eigenvalue weighted by atomic mass is 9.95. The van der Waals surface area contributed by atoms with Gasteiger partial charge in [0.1, 0.15) is 0 Å². The molecule has 0 aliphatic rings. The second-order valence-corrected chi connectivity index (χ2v) is 6.83. The van der Waals surface area contributed by atoms with Gasteiger partial charge in [0, 0.05) is 18.5 Å². The van der Waals surface area contributed by atoms with Crippen LogP contribution in [0.5, 0.6) is 0 Å². The minimum absolute atomic E-state index is 0.671. The Morgan fingerprint density at radius 3 is 2.39 bits per heavy atom. The van der Waals surface area contributed by atoms with E-state index in [1.54, 1.807) is 7.05 Å². The Labute approximate surface area is 167 Å². The van der Waals surface area contributed by atoms with E-state index in [2.05, 4.69) is 30.1 Å². The molecule has 0 radical (unpaired) electrons. The fraction of sp³-hybridized carbons (Fsp3) is 0.292. The number of nitrogens with two attached hydrogens (primary N) is 1. The highest BCUT2D eigenvalue weighted by Crippen LogP contribution is 2.19. The van der Waals surface area contributed by atoms with Gasteiger partial charge in [-0.15, -0.1) is 0 Å². The van der Waals surface area contributed by atoms with Gasteiger partial charge in [-0.3, -0.25) is 4.99 Å². The predicted octanol–water partition coefficient (Wildman–Crippen LogP) is 4.59. The molecule has 4 nitrogen and oxygen atoms in total. The number of nitrogens with zero attached hydrogens (tertiary/aromatic N) is 3. The van der Waals surface area contributed by atoms with Gasteiger partial charge in [0.2, 0.25) is 0 Å². The third-order valence-electron chi connectivity index (χ3n) is 4.80. The molecule has 142 valence electrons. The monoisotopic (exact) mass is 370 g/mol. The van der Waals surface area contributed by atoms with E-state index in [0.717, 1.165) is 52.9 Å². The topological polar surface area (TPSA) is 86.0 Å². The van der Waals surface area contributed by atoms with E-state index in [9.17, 15) is 5.26 Å². The summed E-state index contributed by atoms with van der Waals surface area (Å²) in [4.78, 5) is 4.20. The Hall–Kier alpha value is -3.37. The molecule has 0 spiro atoms. The van der Waals surface area contributed by atoms with E-state index < -0.39 is 0 Å². The van der Waals surface area contributed by atoms with Crippen molar-refractivity contribution in [3.8, 4) is 12.1 Å². The molecule has 0 atom stereocenters. The van der Waals surface area contributed by atoms with Crippen LogP contribution in [-0.2, 0) is 12.8 Å². The maximum absolute atomic E-state index is 9.57. The van der Waals surface area contributed by atoms with E-state index in [-0.39, 0.29) is 0 Å². The molecule has 0 aliphatic carbocycles. The second kappa shape index (κ2) is 10.1. The number of benzene rings is 2. The average molecular weight is 371 g/mol. The van der Waals surface area contributed by atoms with Gasteiger partial charge in [-0.05, 0) is 73.1 Å². The molecule has 28 heavy (non-hydrogen) atoms. The molecule has 0 bridgehead atoms. The molecule has 0 saturated carbocycles. The maximum Gasteiger partial charge on any atom is 0.0994 e. The van der Waals surface area contributed by atoms with Gasteiger partial charge in [-0.2, -0.15) is 10.5 Å². The van der Waals surface area contributed by atoms with Crippen LogP contribution in [0.25, 0.3) is 0 Å². The molecule has 4 heteroatoms.